The summed E-state index contributed by atoms with van der Waals surface area (Å²) in [7, 11) is 0. The van der Waals surface area contributed by atoms with Crippen LogP contribution in [0.25, 0.3) is 0 Å². The first kappa shape index (κ1) is 11.7. The molecule has 1 aromatic heterocycles. The quantitative estimate of drug-likeness (QED) is 0.833. The van der Waals surface area contributed by atoms with Gasteiger partial charge >= 0.3 is 0 Å². The monoisotopic (exact) mass is 249 g/mol. The molecule has 1 fully saturated rings. The fraction of sp³-hybridized carbons (Fsp3) is 0.692. The van der Waals surface area contributed by atoms with E-state index in [1.165, 1.54) is 0 Å². The molecule has 0 saturated carbocycles. The highest BCUT2D eigenvalue weighted by Crippen LogP contribution is 2.23. The molecule has 0 unspecified atom stereocenters. The van der Waals surface area contributed by atoms with Crippen LogP contribution >= 0.6 is 0 Å². The highest BCUT2D eigenvalue weighted by atomic mass is 16.5. The molecule has 0 radical (unpaired) electrons. The summed E-state index contributed by atoms with van der Waals surface area (Å²) >= 11 is 0. The lowest BCUT2D eigenvalue weighted by Gasteiger charge is -2.21. The van der Waals surface area contributed by atoms with E-state index < -0.39 is 0 Å². The van der Waals surface area contributed by atoms with Crippen LogP contribution in [0, 0.1) is 5.92 Å². The van der Waals surface area contributed by atoms with E-state index in [1.807, 2.05) is 0 Å². The average molecular weight is 249 g/mol. The number of fused-ring (bicyclic) bond motifs is 1. The first-order chi connectivity index (χ1) is 8.83. The summed E-state index contributed by atoms with van der Waals surface area (Å²) in [6, 6.07) is 0. The number of hydrogen-bond acceptors (Lipinski definition) is 3. The number of amides is 1. The largest absolute Gasteiger partial charge is 0.376 e. The van der Waals surface area contributed by atoms with Crippen LogP contribution in [-0.2, 0) is 22.4 Å². The van der Waals surface area contributed by atoms with Crippen LogP contribution in [0.2, 0.25) is 0 Å². The van der Waals surface area contributed by atoms with Crippen LogP contribution in [0.3, 0.4) is 0 Å². The molecular formula is C13H19N3O2. The van der Waals surface area contributed by atoms with Crippen LogP contribution in [0.1, 0.15) is 30.7 Å². The summed E-state index contributed by atoms with van der Waals surface area (Å²) in [5.74, 6) is 0.241. The van der Waals surface area contributed by atoms with Gasteiger partial charge in [0.25, 0.3) is 0 Å². The van der Waals surface area contributed by atoms with Crippen LogP contribution in [0.15, 0.2) is 6.33 Å². The smallest absolute Gasteiger partial charge is 0.223 e. The van der Waals surface area contributed by atoms with E-state index in [9.17, 15) is 4.79 Å². The van der Waals surface area contributed by atoms with E-state index in [-0.39, 0.29) is 17.9 Å². The SMILES string of the molecule is O=C(NC[C@H]1CCCO1)[C@H]1CCc2nc[nH]c2C1. The summed E-state index contributed by atoms with van der Waals surface area (Å²) in [5.41, 5.74) is 2.25. The van der Waals surface area contributed by atoms with Crippen molar-refractivity contribution < 1.29 is 9.53 Å². The van der Waals surface area contributed by atoms with Crippen molar-refractivity contribution in [3.05, 3.63) is 17.7 Å². The molecule has 5 heteroatoms. The average Bonchev–Trinajstić information content (AvgIpc) is 3.05. The van der Waals surface area contributed by atoms with Crippen molar-refractivity contribution in [3.8, 4) is 0 Å². The number of nitrogens with zero attached hydrogens (tertiary/aromatic N) is 1. The molecule has 1 aliphatic carbocycles. The molecule has 0 bridgehead atoms. The number of imidazole rings is 1. The number of aryl methyl sites for hydroxylation is 1. The van der Waals surface area contributed by atoms with E-state index in [4.69, 9.17) is 4.74 Å². The Morgan fingerprint density at radius 1 is 1.56 bits per heavy atom. The molecule has 1 aliphatic heterocycles. The van der Waals surface area contributed by atoms with E-state index in [1.54, 1.807) is 6.33 Å². The Kier molecular flexibility index (Phi) is 3.32. The number of hydrogen-bond donors (Lipinski definition) is 2. The molecule has 2 N–H and O–H groups in total. The van der Waals surface area contributed by atoms with Crippen molar-refractivity contribution >= 4 is 5.91 Å². The predicted octanol–water partition coefficient (Wildman–Crippen LogP) is 0.810. The molecule has 1 aromatic rings. The van der Waals surface area contributed by atoms with Gasteiger partial charge in [0.05, 0.1) is 18.1 Å². The topological polar surface area (TPSA) is 67.0 Å². The summed E-state index contributed by atoms with van der Waals surface area (Å²) < 4.78 is 5.50. The second kappa shape index (κ2) is 5.10. The van der Waals surface area contributed by atoms with Gasteiger partial charge in [-0.15, -0.1) is 0 Å². The van der Waals surface area contributed by atoms with E-state index in [0.717, 1.165) is 50.1 Å². The number of aromatic nitrogens is 2. The van der Waals surface area contributed by atoms with Crippen LogP contribution in [-0.4, -0.2) is 35.1 Å². The maximum atomic E-state index is 12.1. The van der Waals surface area contributed by atoms with Crippen molar-refractivity contribution in [2.45, 2.75) is 38.2 Å². The normalized spacial score (nSPS) is 26.9. The highest BCUT2D eigenvalue weighted by Gasteiger charge is 2.26. The lowest BCUT2D eigenvalue weighted by molar-refractivity contribution is -0.125. The number of rotatable bonds is 3. The summed E-state index contributed by atoms with van der Waals surface area (Å²) in [6.07, 6.45) is 6.70. The maximum absolute atomic E-state index is 12.1. The number of H-pyrrole nitrogens is 1. The Morgan fingerprint density at radius 2 is 2.50 bits per heavy atom. The molecule has 2 atom stereocenters. The minimum Gasteiger partial charge on any atom is -0.376 e. The Labute approximate surface area is 106 Å². The number of aromatic amines is 1. The number of ether oxygens (including phenoxy) is 1. The second-order valence-corrected chi connectivity index (χ2v) is 5.15. The fourth-order valence-electron chi connectivity index (χ4n) is 2.79. The Hall–Kier alpha value is -1.36. The standard InChI is InChI=1S/C13H19N3O2/c17-13(14-7-10-2-1-5-18-10)9-3-4-11-12(6-9)16-8-15-11/h8-10H,1-7H2,(H,14,17)(H,15,16)/t9-,10+/m0/s1. The van der Waals surface area contributed by atoms with Gasteiger partial charge in [0.2, 0.25) is 5.91 Å². The van der Waals surface area contributed by atoms with Crippen LogP contribution < -0.4 is 5.32 Å². The van der Waals surface area contributed by atoms with E-state index in [2.05, 4.69) is 15.3 Å². The molecule has 0 spiro atoms. The lowest BCUT2D eigenvalue weighted by Crippen LogP contribution is -2.38. The minimum absolute atomic E-state index is 0.0827. The number of carbonyl (C=O) groups is 1. The van der Waals surface area contributed by atoms with Crippen molar-refractivity contribution in [2.24, 2.45) is 5.92 Å². The second-order valence-electron chi connectivity index (χ2n) is 5.15. The number of carbonyl (C=O) groups excluding carboxylic acids is 1. The van der Waals surface area contributed by atoms with Crippen LogP contribution in [0.5, 0.6) is 0 Å². The van der Waals surface area contributed by atoms with Gasteiger partial charge in [-0.05, 0) is 25.7 Å². The third-order valence-corrected chi connectivity index (χ3v) is 3.89. The van der Waals surface area contributed by atoms with Crippen molar-refractivity contribution in [1.29, 1.82) is 0 Å². The fourth-order valence-corrected chi connectivity index (χ4v) is 2.79. The molecule has 2 aliphatic rings. The summed E-state index contributed by atoms with van der Waals surface area (Å²) in [5, 5.41) is 3.02. The van der Waals surface area contributed by atoms with Gasteiger partial charge in [0.1, 0.15) is 0 Å². The highest BCUT2D eigenvalue weighted by molar-refractivity contribution is 5.79. The minimum atomic E-state index is 0.0827. The van der Waals surface area contributed by atoms with Crippen molar-refractivity contribution in [2.75, 3.05) is 13.2 Å². The number of nitrogens with one attached hydrogen (secondary N) is 2. The summed E-state index contributed by atoms with van der Waals surface area (Å²) in [4.78, 5) is 19.5. The third kappa shape index (κ3) is 2.41. The van der Waals surface area contributed by atoms with Gasteiger partial charge in [0.15, 0.2) is 0 Å². The Morgan fingerprint density at radius 3 is 3.33 bits per heavy atom. The van der Waals surface area contributed by atoms with E-state index in [0.29, 0.717) is 6.54 Å². The summed E-state index contributed by atoms with van der Waals surface area (Å²) in [6.45, 7) is 1.49. The predicted molar refractivity (Wildman–Crippen MR) is 66.1 cm³/mol. The molecule has 5 nitrogen and oxygen atoms in total. The van der Waals surface area contributed by atoms with Gasteiger partial charge in [-0.2, -0.15) is 0 Å². The Balaban J connectivity index is 1.51. The molecule has 98 valence electrons. The van der Waals surface area contributed by atoms with Gasteiger partial charge in [-0.3, -0.25) is 4.79 Å². The zero-order chi connectivity index (χ0) is 12.4. The molecule has 2 heterocycles. The zero-order valence-corrected chi connectivity index (χ0v) is 10.4. The zero-order valence-electron chi connectivity index (χ0n) is 10.4. The Bertz CT molecular complexity index is 424. The van der Waals surface area contributed by atoms with Crippen molar-refractivity contribution in [1.82, 2.24) is 15.3 Å². The molecule has 18 heavy (non-hydrogen) atoms. The molecular weight excluding hydrogens is 230 g/mol. The molecule has 1 saturated heterocycles. The van der Waals surface area contributed by atoms with Gasteiger partial charge in [0, 0.05) is 31.2 Å². The maximum Gasteiger partial charge on any atom is 0.223 e. The van der Waals surface area contributed by atoms with Crippen molar-refractivity contribution in [3.63, 3.8) is 0 Å². The molecule has 1 amide bonds. The molecule has 0 aromatic carbocycles. The van der Waals surface area contributed by atoms with Crippen LogP contribution in [0.4, 0.5) is 0 Å². The van der Waals surface area contributed by atoms with Gasteiger partial charge < -0.3 is 15.0 Å². The van der Waals surface area contributed by atoms with Gasteiger partial charge in [-0.25, -0.2) is 4.98 Å². The van der Waals surface area contributed by atoms with Gasteiger partial charge in [-0.1, -0.05) is 0 Å². The van der Waals surface area contributed by atoms with E-state index >= 15 is 0 Å². The third-order valence-electron chi connectivity index (χ3n) is 3.89. The first-order valence-electron chi connectivity index (χ1n) is 6.73. The lowest BCUT2D eigenvalue weighted by atomic mass is 9.89. The molecule has 3 rings (SSSR count). The first-order valence-corrected chi connectivity index (χ1v) is 6.73.